The molecule has 18 heavy (non-hydrogen) atoms. The maximum absolute atomic E-state index is 9.84. The summed E-state index contributed by atoms with van der Waals surface area (Å²) in [4.78, 5) is 10.5. The van der Waals surface area contributed by atoms with Crippen LogP contribution in [0.4, 0.5) is 0 Å². The van der Waals surface area contributed by atoms with Crippen LogP contribution in [0.5, 0.6) is 0 Å². The third kappa shape index (κ3) is 2.87. The van der Waals surface area contributed by atoms with Crippen LogP contribution >= 0.6 is 0 Å². The number of hydrogen-bond donors (Lipinski definition) is 1. The van der Waals surface area contributed by atoms with E-state index in [2.05, 4.69) is 28.7 Å². The summed E-state index contributed by atoms with van der Waals surface area (Å²) in [6.07, 6.45) is 8.60. The molecule has 4 heteroatoms. The third-order valence-corrected chi connectivity index (χ3v) is 3.81. The quantitative estimate of drug-likeness (QED) is 0.865. The summed E-state index contributed by atoms with van der Waals surface area (Å²) in [5.41, 5.74) is 1.09. The number of likely N-dealkylation sites (tertiary alicyclic amines) is 1. The van der Waals surface area contributed by atoms with Crippen molar-refractivity contribution in [2.45, 2.75) is 45.2 Å². The lowest BCUT2D eigenvalue weighted by molar-refractivity contribution is 0.0408. The maximum Gasteiger partial charge on any atom is 0.115 e. The Morgan fingerprint density at radius 2 is 2.11 bits per heavy atom. The van der Waals surface area contributed by atoms with E-state index in [0.717, 1.165) is 31.5 Å². The van der Waals surface area contributed by atoms with Crippen molar-refractivity contribution in [1.29, 1.82) is 0 Å². The zero-order valence-electron chi connectivity index (χ0n) is 11.3. The lowest BCUT2D eigenvalue weighted by atomic mass is 9.87. The first kappa shape index (κ1) is 13.4. The summed E-state index contributed by atoms with van der Waals surface area (Å²) in [5, 5.41) is 9.84. The van der Waals surface area contributed by atoms with Crippen molar-refractivity contribution < 1.29 is 5.11 Å². The van der Waals surface area contributed by atoms with Crippen LogP contribution in [-0.2, 0) is 6.54 Å². The molecule has 1 aromatic rings. The van der Waals surface area contributed by atoms with Crippen molar-refractivity contribution in [2.75, 3.05) is 13.2 Å². The Morgan fingerprint density at radius 3 is 2.72 bits per heavy atom. The van der Waals surface area contributed by atoms with Crippen LogP contribution in [0.1, 0.15) is 38.7 Å². The van der Waals surface area contributed by atoms with E-state index < -0.39 is 0 Å². The topological polar surface area (TPSA) is 49.2 Å². The summed E-state index contributed by atoms with van der Waals surface area (Å²) in [6, 6.07) is 0. The minimum Gasteiger partial charge on any atom is -0.394 e. The number of aliphatic hydroxyl groups excluding tert-OH is 1. The first-order valence-corrected chi connectivity index (χ1v) is 6.76. The van der Waals surface area contributed by atoms with Gasteiger partial charge in [0.25, 0.3) is 0 Å². The molecule has 100 valence electrons. The first-order valence-electron chi connectivity index (χ1n) is 6.76. The number of nitrogens with zero attached hydrogens (tertiary/aromatic N) is 3. The summed E-state index contributed by atoms with van der Waals surface area (Å²) < 4.78 is 0. The van der Waals surface area contributed by atoms with Gasteiger partial charge < -0.3 is 5.11 Å². The normalized spacial score (nSPS) is 24.9. The molecule has 1 aliphatic heterocycles. The molecule has 0 saturated carbocycles. The van der Waals surface area contributed by atoms with Gasteiger partial charge in [-0.25, -0.2) is 9.97 Å². The fourth-order valence-corrected chi connectivity index (χ4v) is 3.11. The molecular formula is C14H23N3O. The smallest absolute Gasteiger partial charge is 0.115 e. The molecule has 0 spiro atoms. The largest absolute Gasteiger partial charge is 0.394 e. The fourth-order valence-electron chi connectivity index (χ4n) is 3.11. The highest BCUT2D eigenvalue weighted by Crippen LogP contribution is 2.35. The van der Waals surface area contributed by atoms with Crippen LogP contribution in [0.2, 0.25) is 0 Å². The molecule has 0 radical (unpaired) electrons. The molecule has 2 heterocycles. The molecule has 1 atom stereocenters. The van der Waals surface area contributed by atoms with Gasteiger partial charge in [-0.2, -0.15) is 0 Å². The van der Waals surface area contributed by atoms with Crippen LogP contribution < -0.4 is 0 Å². The molecule has 0 amide bonds. The van der Waals surface area contributed by atoms with Crippen molar-refractivity contribution >= 4 is 0 Å². The van der Waals surface area contributed by atoms with Gasteiger partial charge in [0.05, 0.1) is 6.61 Å². The second kappa shape index (κ2) is 5.76. The minimum atomic E-state index is -0.0377. The highest BCUT2D eigenvalue weighted by atomic mass is 16.3. The Morgan fingerprint density at radius 1 is 1.39 bits per heavy atom. The number of aliphatic hydroxyl groups is 1. The Balaban J connectivity index is 2.10. The van der Waals surface area contributed by atoms with Gasteiger partial charge in [0, 0.05) is 30.0 Å². The van der Waals surface area contributed by atoms with Crippen molar-refractivity contribution in [3.63, 3.8) is 0 Å². The Hall–Kier alpha value is -1.00. The average molecular weight is 249 g/mol. The Kier molecular flexibility index (Phi) is 4.30. The number of aromatic nitrogens is 2. The highest BCUT2D eigenvalue weighted by Gasteiger charge is 2.40. The molecule has 2 rings (SSSR count). The van der Waals surface area contributed by atoms with E-state index in [4.69, 9.17) is 0 Å². The summed E-state index contributed by atoms with van der Waals surface area (Å²) in [7, 11) is 0. The average Bonchev–Trinajstić information content (AvgIpc) is 2.73. The number of rotatable bonds is 5. The zero-order chi connectivity index (χ0) is 13.0. The van der Waals surface area contributed by atoms with Gasteiger partial charge in [0.2, 0.25) is 0 Å². The van der Waals surface area contributed by atoms with Gasteiger partial charge in [0.15, 0.2) is 0 Å². The monoisotopic (exact) mass is 249 g/mol. The van der Waals surface area contributed by atoms with E-state index >= 15 is 0 Å². The second-order valence-corrected chi connectivity index (χ2v) is 5.75. The molecule has 1 fully saturated rings. The van der Waals surface area contributed by atoms with Crippen LogP contribution in [-0.4, -0.2) is 38.7 Å². The Bertz CT molecular complexity index is 369. The lowest BCUT2D eigenvalue weighted by Gasteiger charge is -2.38. The van der Waals surface area contributed by atoms with E-state index in [1.165, 1.54) is 6.42 Å². The molecule has 4 nitrogen and oxygen atoms in total. The van der Waals surface area contributed by atoms with Crippen molar-refractivity contribution in [2.24, 2.45) is 5.92 Å². The van der Waals surface area contributed by atoms with E-state index in [-0.39, 0.29) is 12.1 Å². The summed E-state index contributed by atoms with van der Waals surface area (Å²) >= 11 is 0. The van der Waals surface area contributed by atoms with Gasteiger partial charge in [-0.05, 0) is 31.7 Å². The van der Waals surface area contributed by atoms with E-state index in [9.17, 15) is 5.11 Å². The number of hydrogen-bond acceptors (Lipinski definition) is 4. The zero-order valence-corrected chi connectivity index (χ0v) is 11.3. The molecule has 1 N–H and O–H groups in total. The molecule has 0 aromatic carbocycles. The van der Waals surface area contributed by atoms with Gasteiger partial charge >= 0.3 is 0 Å². The molecule has 0 bridgehead atoms. The predicted octanol–water partition coefficient (Wildman–Crippen LogP) is 1.85. The van der Waals surface area contributed by atoms with E-state index in [0.29, 0.717) is 5.92 Å². The molecule has 0 aliphatic carbocycles. The van der Waals surface area contributed by atoms with Crippen molar-refractivity contribution in [3.05, 3.63) is 24.3 Å². The van der Waals surface area contributed by atoms with Crippen molar-refractivity contribution in [1.82, 2.24) is 14.9 Å². The van der Waals surface area contributed by atoms with E-state index in [1.54, 1.807) is 6.33 Å². The summed E-state index contributed by atoms with van der Waals surface area (Å²) in [5.74, 6) is 0.602. The van der Waals surface area contributed by atoms with Crippen LogP contribution in [0.25, 0.3) is 0 Å². The summed E-state index contributed by atoms with van der Waals surface area (Å²) in [6.45, 7) is 6.59. The predicted molar refractivity (Wildman–Crippen MR) is 70.9 cm³/mol. The maximum atomic E-state index is 9.84. The van der Waals surface area contributed by atoms with Gasteiger partial charge in [-0.15, -0.1) is 0 Å². The third-order valence-electron chi connectivity index (χ3n) is 3.81. The minimum absolute atomic E-state index is 0.0377. The van der Waals surface area contributed by atoms with Crippen molar-refractivity contribution in [3.8, 4) is 0 Å². The standard InChI is InChI=1S/C14H23N3O/c1-12(2)6-14(10-18)4-3-5-17(14)9-13-7-15-11-16-8-13/h7-8,11-12,18H,3-6,9-10H2,1-2H3/t14-/m0/s1. The SMILES string of the molecule is CC(C)C[C@]1(CO)CCCN1Cc1cncnc1. The lowest BCUT2D eigenvalue weighted by Crippen LogP contribution is -2.47. The Labute approximate surface area is 109 Å². The molecule has 1 saturated heterocycles. The van der Waals surface area contributed by atoms with Crippen LogP contribution in [0, 0.1) is 5.92 Å². The van der Waals surface area contributed by atoms with Gasteiger partial charge in [-0.3, -0.25) is 4.90 Å². The molecule has 1 aromatic heterocycles. The fraction of sp³-hybridized carbons (Fsp3) is 0.714. The highest BCUT2D eigenvalue weighted by molar-refractivity contribution is 5.06. The molecule has 1 aliphatic rings. The van der Waals surface area contributed by atoms with Crippen LogP contribution in [0.3, 0.4) is 0 Å². The van der Waals surface area contributed by atoms with E-state index in [1.807, 2.05) is 12.4 Å². The van der Waals surface area contributed by atoms with Gasteiger partial charge in [-0.1, -0.05) is 13.8 Å². The first-order chi connectivity index (χ1) is 8.66. The molecular weight excluding hydrogens is 226 g/mol. The van der Waals surface area contributed by atoms with Crippen LogP contribution in [0.15, 0.2) is 18.7 Å². The van der Waals surface area contributed by atoms with Gasteiger partial charge in [0.1, 0.15) is 6.33 Å². The second-order valence-electron chi connectivity index (χ2n) is 5.75. The molecule has 0 unspecified atom stereocenters.